The van der Waals surface area contributed by atoms with Gasteiger partial charge in [0.1, 0.15) is 17.5 Å². The Morgan fingerprint density at radius 2 is 1.77 bits per heavy atom. The number of benzene rings is 2. The lowest BCUT2D eigenvalue weighted by atomic mass is 9.81. The maximum Gasteiger partial charge on any atom is 0.167 e. The fourth-order valence-corrected chi connectivity index (χ4v) is 4.05. The van der Waals surface area contributed by atoms with Crippen molar-refractivity contribution < 1.29 is 18.0 Å². The first-order valence-corrected chi connectivity index (χ1v) is 9.32. The van der Waals surface area contributed by atoms with Gasteiger partial charge in [-0.3, -0.25) is 4.79 Å². The molecule has 30 heavy (non-hydrogen) atoms. The molecule has 1 atom stereocenters. The van der Waals surface area contributed by atoms with E-state index in [0.29, 0.717) is 40.0 Å². The van der Waals surface area contributed by atoms with Crippen molar-refractivity contribution in [2.24, 2.45) is 0 Å². The highest BCUT2D eigenvalue weighted by molar-refractivity contribution is 6.09. The monoisotopic (exact) mass is 408 g/mol. The summed E-state index contributed by atoms with van der Waals surface area (Å²) >= 11 is 0. The minimum absolute atomic E-state index is 0.0747. The number of carbonyl (C=O) groups is 1. The van der Waals surface area contributed by atoms with Crippen LogP contribution < -0.4 is 5.73 Å². The molecule has 0 bridgehead atoms. The number of nitrogens with zero attached hydrogens (tertiary/aromatic N) is 3. The first kappa shape index (κ1) is 18.4. The summed E-state index contributed by atoms with van der Waals surface area (Å²) in [5, 5.41) is 4.75. The van der Waals surface area contributed by atoms with Gasteiger partial charge in [-0.1, -0.05) is 6.07 Å². The van der Waals surface area contributed by atoms with Crippen molar-refractivity contribution in [1.82, 2.24) is 14.8 Å². The first-order valence-electron chi connectivity index (χ1n) is 9.32. The first-order chi connectivity index (χ1) is 14.4. The Kier molecular flexibility index (Phi) is 4.09. The summed E-state index contributed by atoms with van der Waals surface area (Å²) in [6, 6.07) is 9.11. The molecule has 5 rings (SSSR count). The molecular weight excluding hydrogens is 393 g/mol. The van der Waals surface area contributed by atoms with E-state index >= 15 is 0 Å². The number of hydrogen-bond donors (Lipinski definition) is 1. The second kappa shape index (κ2) is 6.69. The predicted octanol–water partition coefficient (Wildman–Crippen LogP) is 4.33. The third-order valence-electron chi connectivity index (χ3n) is 5.39. The molecule has 5 nitrogen and oxygen atoms in total. The summed E-state index contributed by atoms with van der Waals surface area (Å²) in [6.07, 6.45) is 1.86. The van der Waals surface area contributed by atoms with E-state index in [4.69, 9.17) is 5.73 Å². The van der Waals surface area contributed by atoms with Gasteiger partial charge in [-0.15, -0.1) is 0 Å². The minimum atomic E-state index is -0.699. The molecule has 0 spiro atoms. The molecule has 0 fully saturated rings. The van der Waals surface area contributed by atoms with Crippen molar-refractivity contribution in [3.8, 4) is 5.69 Å². The molecule has 8 heteroatoms. The standard InChI is InChI=1S/C22H15F3N4O/c23-13-2-1-3-16(9-13)29-22-17(10-27-29)21(26)20-18(28-22)6-12(7-19(20)30)11-4-14(24)8-15(25)5-11/h1-5,8-10,12H,6-7H2,(H2,26,28)/t12-/m0/s1. The van der Waals surface area contributed by atoms with Crippen molar-refractivity contribution in [3.63, 3.8) is 0 Å². The molecular formula is C22H15F3N4O. The molecule has 0 amide bonds. The number of Topliss-reactive ketones (excluding diaryl/α,β-unsaturated/α-hetero) is 1. The van der Waals surface area contributed by atoms with Crippen molar-refractivity contribution in [3.05, 3.63) is 82.9 Å². The number of nitrogen functional groups attached to an aromatic ring is 1. The molecule has 0 unspecified atom stereocenters. The lowest BCUT2D eigenvalue weighted by Gasteiger charge is -2.24. The van der Waals surface area contributed by atoms with Gasteiger partial charge in [0.15, 0.2) is 11.4 Å². The zero-order valence-corrected chi connectivity index (χ0v) is 15.6. The number of carbonyl (C=O) groups excluding carboxylic acids is 1. The Morgan fingerprint density at radius 3 is 2.50 bits per heavy atom. The van der Waals surface area contributed by atoms with E-state index in [0.717, 1.165) is 6.07 Å². The second-order valence-electron chi connectivity index (χ2n) is 7.35. The molecule has 150 valence electrons. The van der Waals surface area contributed by atoms with Crippen molar-refractivity contribution in [2.45, 2.75) is 18.8 Å². The number of nitrogens with two attached hydrogens (primary N) is 1. The maximum atomic E-state index is 13.7. The number of hydrogen-bond acceptors (Lipinski definition) is 4. The van der Waals surface area contributed by atoms with E-state index in [2.05, 4.69) is 10.1 Å². The molecule has 4 aromatic rings. The van der Waals surface area contributed by atoms with Gasteiger partial charge in [-0.05, 0) is 48.2 Å². The lowest BCUT2D eigenvalue weighted by molar-refractivity contribution is 0.0964. The highest BCUT2D eigenvalue weighted by Crippen LogP contribution is 2.37. The number of aromatic nitrogens is 3. The van der Waals surface area contributed by atoms with Crippen LogP contribution >= 0.6 is 0 Å². The summed E-state index contributed by atoms with van der Waals surface area (Å²) in [5.41, 5.74) is 8.52. The zero-order valence-electron chi connectivity index (χ0n) is 15.6. The fraction of sp³-hybridized carbons (Fsp3) is 0.136. The van der Waals surface area contributed by atoms with E-state index in [9.17, 15) is 18.0 Å². The van der Waals surface area contributed by atoms with E-state index in [1.807, 2.05) is 0 Å². The highest BCUT2D eigenvalue weighted by Gasteiger charge is 2.31. The SMILES string of the molecule is Nc1c2c(nc3c1cnn3-c1cccc(F)c1)C[C@H](c1cc(F)cc(F)c1)CC2=O. The Hall–Kier alpha value is -3.68. The molecule has 1 aliphatic rings. The van der Waals surface area contributed by atoms with Gasteiger partial charge in [0.25, 0.3) is 0 Å². The van der Waals surface area contributed by atoms with Crippen LogP contribution in [0.1, 0.15) is 34.0 Å². The van der Waals surface area contributed by atoms with Gasteiger partial charge in [-0.2, -0.15) is 5.10 Å². The van der Waals surface area contributed by atoms with Gasteiger partial charge in [-0.25, -0.2) is 22.8 Å². The van der Waals surface area contributed by atoms with E-state index in [1.54, 1.807) is 12.1 Å². The molecule has 2 heterocycles. The van der Waals surface area contributed by atoms with Crippen molar-refractivity contribution >= 4 is 22.5 Å². The van der Waals surface area contributed by atoms with Crippen LogP contribution in [0.3, 0.4) is 0 Å². The average molecular weight is 408 g/mol. The third kappa shape index (κ3) is 2.92. The van der Waals surface area contributed by atoms with Crippen LogP contribution in [0.15, 0.2) is 48.7 Å². The highest BCUT2D eigenvalue weighted by atomic mass is 19.1. The van der Waals surface area contributed by atoms with Gasteiger partial charge < -0.3 is 5.73 Å². The van der Waals surface area contributed by atoms with Crippen LogP contribution in [0, 0.1) is 17.5 Å². The molecule has 2 aromatic carbocycles. The van der Waals surface area contributed by atoms with Crippen molar-refractivity contribution in [2.75, 3.05) is 5.73 Å². The molecule has 0 radical (unpaired) electrons. The fourth-order valence-electron chi connectivity index (χ4n) is 4.05. The van der Waals surface area contributed by atoms with Gasteiger partial charge in [0, 0.05) is 12.5 Å². The molecule has 0 aliphatic heterocycles. The molecule has 2 aromatic heterocycles. The Balaban J connectivity index is 1.65. The zero-order chi connectivity index (χ0) is 21.0. The quantitative estimate of drug-likeness (QED) is 0.536. The van der Waals surface area contributed by atoms with Gasteiger partial charge >= 0.3 is 0 Å². The van der Waals surface area contributed by atoms with Crippen LogP contribution in [0.5, 0.6) is 0 Å². The normalized spacial score (nSPS) is 16.1. The number of pyridine rings is 1. The van der Waals surface area contributed by atoms with Crippen molar-refractivity contribution in [1.29, 1.82) is 0 Å². The lowest BCUT2D eigenvalue weighted by Crippen LogP contribution is -2.22. The van der Waals surface area contributed by atoms with Crippen LogP contribution in [-0.4, -0.2) is 20.5 Å². The summed E-state index contributed by atoms with van der Waals surface area (Å²) < 4.78 is 42.5. The van der Waals surface area contributed by atoms with Crippen LogP contribution in [0.4, 0.5) is 18.9 Å². The van der Waals surface area contributed by atoms with Crippen LogP contribution in [0.25, 0.3) is 16.7 Å². The largest absolute Gasteiger partial charge is 0.397 e. The Labute approximate surface area is 169 Å². The summed E-state index contributed by atoms with van der Waals surface area (Å²) in [5.74, 6) is -2.49. The number of anilines is 1. The predicted molar refractivity (Wildman–Crippen MR) is 105 cm³/mol. The van der Waals surface area contributed by atoms with Crippen LogP contribution in [0.2, 0.25) is 0 Å². The maximum absolute atomic E-state index is 13.7. The summed E-state index contributed by atoms with van der Waals surface area (Å²) in [7, 11) is 0. The van der Waals surface area contributed by atoms with Crippen LogP contribution in [-0.2, 0) is 6.42 Å². The van der Waals surface area contributed by atoms with Gasteiger partial charge in [0.2, 0.25) is 0 Å². The average Bonchev–Trinajstić information content (AvgIpc) is 3.11. The summed E-state index contributed by atoms with van der Waals surface area (Å²) in [4.78, 5) is 17.4. The van der Waals surface area contributed by atoms with E-state index in [-0.39, 0.29) is 17.9 Å². The minimum Gasteiger partial charge on any atom is -0.397 e. The Bertz CT molecular complexity index is 1310. The molecule has 0 saturated heterocycles. The third-order valence-corrected chi connectivity index (χ3v) is 5.39. The number of halogens is 3. The number of ketones is 1. The van der Waals surface area contributed by atoms with Gasteiger partial charge in [0.05, 0.1) is 34.2 Å². The van der Waals surface area contributed by atoms with E-state index < -0.39 is 23.4 Å². The topological polar surface area (TPSA) is 73.8 Å². The number of rotatable bonds is 2. The number of fused-ring (bicyclic) bond motifs is 2. The molecule has 2 N–H and O–H groups in total. The molecule has 1 aliphatic carbocycles. The Morgan fingerprint density at radius 1 is 1.00 bits per heavy atom. The smallest absolute Gasteiger partial charge is 0.167 e. The van der Waals surface area contributed by atoms with E-state index in [1.165, 1.54) is 35.1 Å². The second-order valence-corrected chi connectivity index (χ2v) is 7.35. The molecule has 0 saturated carbocycles. The summed E-state index contributed by atoms with van der Waals surface area (Å²) in [6.45, 7) is 0.